The number of hydrogen-bond acceptors (Lipinski definition) is 5. The Hall–Kier alpha value is -1.96. The highest BCUT2D eigenvalue weighted by Crippen LogP contribution is 1.93. The summed E-state index contributed by atoms with van der Waals surface area (Å²) in [4.78, 5) is 21.9. The highest BCUT2D eigenvalue weighted by molar-refractivity contribution is 5.75. The van der Waals surface area contributed by atoms with E-state index in [1.54, 1.807) is 0 Å². The fraction of sp³-hybridized carbons (Fsp3) is 0.636. The summed E-state index contributed by atoms with van der Waals surface area (Å²) in [6.45, 7) is 3.03. The highest BCUT2D eigenvalue weighted by atomic mass is 16.5. The van der Waals surface area contributed by atoms with Gasteiger partial charge < -0.3 is 15.2 Å². The molecule has 1 aromatic heterocycles. The molecule has 0 aromatic carbocycles. The Balaban J connectivity index is 2.22. The summed E-state index contributed by atoms with van der Waals surface area (Å²) in [6.07, 6.45) is 2.71. The van der Waals surface area contributed by atoms with Crippen LogP contribution in [0.25, 0.3) is 0 Å². The van der Waals surface area contributed by atoms with Crippen molar-refractivity contribution in [3.8, 4) is 0 Å². The molecule has 8 nitrogen and oxygen atoms in total. The van der Waals surface area contributed by atoms with Gasteiger partial charge in [-0.25, -0.2) is 4.68 Å². The molecule has 0 bridgehead atoms. The Morgan fingerprint density at radius 2 is 2.26 bits per heavy atom. The molecule has 0 spiro atoms. The van der Waals surface area contributed by atoms with Gasteiger partial charge in [-0.1, -0.05) is 12.1 Å². The van der Waals surface area contributed by atoms with E-state index in [1.807, 2.05) is 6.92 Å². The standard InChI is InChI=1S/C11H18N4O4/c1-2-4-19-5-3-10(16)12-6-9-7-15(14-13-9)8-11(17)18/h7H,2-6,8H2,1H3,(H,12,16)(H,17,18). The molecule has 1 heterocycles. The second kappa shape index (κ2) is 8.20. The molecule has 0 aliphatic rings. The number of aliphatic carboxylic acids is 1. The van der Waals surface area contributed by atoms with Crippen molar-refractivity contribution in [2.24, 2.45) is 0 Å². The van der Waals surface area contributed by atoms with Crippen molar-refractivity contribution in [1.82, 2.24) is 20.3 Å². The number of carbonyl (C=O) groups is 2. The first-order chi connectivity index (χ1) is 9.11. The molecular weight excluding hydrogens is 252 g/mol. The van der Waals surface area contributed by atoms with Crippen LogP contribution in [0, 0.1) is 0 Å². The molecule has 0 aliphatic carbocycles. The van der Waals surface area contributed by atoms with Crippen molar-refractivity contribution in [2.75, 3.05) is 13.2 Å². The molecule has 2 N–H and O–H groups in total. The van der Waals surface area contributed by atoms with Crippen LogP contribution in [0.4, 0.5) is 0 Å². The number of aromatic nitrogens is 3. The van der Waals surface area contributed by atoms with Gasteiger partial charge in [-0.3, -0.25) is 9.59 Å². The van der Waals surface area contributed by atoms with Crippen molar-refractivity contribution in [1.29, 1.82) is 0 Å². The van der Waals surface area contributed by atoms with E-state index in [-0.39, 0.29) is 19.0 Å². The monoisotopic (exact) mass is 270 g/mol. The number of rotatable bonds is 9. The average molecular weight is 270 g/mol. The molecule has 1 aromatic rings. The van der Waals surface area contributed by atoms with E-state index >= 15 is 0 Å². The summed E-state index contributed by atoms with van der Waals surface area (Å²) in [7, 11) is 0. The Kier molecular flexibility index (Phi) is 6.51. The van der Waals surface area contributed by atoms with Crippen molar-refractivity contribution in [3.63, 3.8) is 0 Å². The van der Waals surface area contributed by atoms with Gasteiger partial charge in [0.1, 0.15) is 12.2 Å². The van der Waals surface area contributed by atoms with E-state index in [4.69, 9.17) is 9.84 Å². The lowest BCUT2D eigenvalue weighted by Crippen LogP contribution is -2.24. The minimum Gasteiger partial charge on any atom is -0.480 e. The molecule has 106 valence electrons. The zero-order valence-electron chi connectivity index (χ0n) is 10.8. The van der Waals surface area contributed by atoms with Gasteiger partial charge in [-0.15, -0.1) is 5.10 Å². The zero-order valence-corrected chi connectivity index (χ0v) is 10.8. The van der Waals surface area contributed by atoms with Gasteiger partial charge in [-0.05, 0) is 6.42 Å². The van der Waals surface area contributed by atoms with Crippen molar-refractivity contribution >= 4 is 11.9 Å². The van der Waals surface area contributed by atoms with E-state index in [9.17, 15) is 9.59 Å². The third-order valence-electron chi connectivity index (χ3n) is 2.17. The van der Waals surface area contributed by atoms with Gasteiger partial charge in [0.25, 0.3) is 0 Å². The maximum absolute atomic E-state index is 11.4. The molecule has 0 saturated heterocycles. The number of carbonyl (C=O) groups excluding carboxylic acids is 1. The molecule has 0 aliphatic heterocycles. The zero-order chi connectivity index (χ0) is 14.1. The first-order valence-electron chi connectivity index (χ1n) is 6.07. The molecule has 0 atom stereocenters. The number of carboxylic acids is 1. The minimum absolute atomic E-state index is 0.135. The number of nitrogens with one attached hydrogen (secondary N) is 1. The molecule has 8 heteroatoms. The SMILES string of the molecule is CCCOCCC(=O)NCc1cn(CC(=O)O)nn1. The van der Waals surface area contributed by atoms with Crippen LogP contribution in [0.2, 0.25) is 0 Å². The van der Waals surface area contributed by atoms with E-state index in [2.05, 4.69) is 15.6 Å². The number of ether oxygens (including phenoxy) is 1. The van der Waals surface area contributed by atoms with Crippen LogP contribution in [0.1, 0.15) is 25.5 Å². The highest BCUT2D eigenvalue weighted by Gasteiger charge is 2.06. The summed E-state index contributed by atoms with van der Waals surface area (Å²) in [5.74, 6) is -1.13. The van der Waals surface area contributed by atoms with Crippen LogP contribution in [-0.4, -0.2) is 45.2 Å². The van der Waals surface area contributed by atoms with E-state index in [0.717, 1.165) is 6.42 Å². The number of hydrogen-bond donors (Lipinski definition) is 2. The maximum Gasteiger partial charge on any atom is 0.325 e. The lowest BCUT2D eigenvalue weighted by molar-refractivity contribution is -0.138. The van der Waals surface area contributed by atoms with Gasteiger partial charge in [0.15, 0.2) is 0 Å². The first kappa shape index (κ1) is 15.1. The first-order valence-corrected chi connectivity index (χ1v) is 6.07. The third kappa shape index (κ3) is 6.51. The number of amides is 1. The quantitative estimate of drug-likeness (QED) is 0.602. The van der Waals surface area contributed by atoms with Gasteiger partial charge >= 0.3 is 5.97 Å². The summed E-state index contributed by atoms with van der Waals surface area (Å²) in [6, 6.07) is 0. The largest absolute Gasteiger partial charge is 0.480 e. The van der Waals surface area contributed by atoms with Crippen LogP contribution in [0.5, 0.6) is 0 Å². The molecule has 0 fully saturated rings. The van der Waals surface area contributed by atoms with Gasteiger partial charge in [0.05, 0.1) is 19.3 Å². The molecule has 1 amide bonds. The van der Waals surface area contributed by atoms with Crippen molar-refractivity contribution in [2.45, 2.75) is 32.9 Å². The Bertz CT molecular complexity index is 419. The average Bonchev–Trinajstić information content (AvgIpc) is 2.79. The van der Waals surface area contributed by atoms with E-state index < -0.39 is 5.97 Å². The van der Waals surface area contributed by atoms with Gasteiger partial charge in [0.2, 0.25) is 5.91 Å². The van der Waals surface area contributed by atoms with Crippen molar-refractivity contribution in [3.05, 3.63) is 11.9 Å². The maximum atomic E-state index is 11.4. The summed E-state index contributed by atoms with van der Waals surface area (Å²) >= 11 is 0. The number of nitrogens with zero attached hydrogens (tertiary/aromatic N) is 3. The predicted octanol–water partition coefficient (Wildman–Crippen LogP) is -0.204. The Labute approximate surface area is 110 Å². The minimum atomic E-state index is -0.992. The molecule has 0 unspecified atom stereocenters. The van der Waals surface area contributed by atoms with E-state index in [0.29, 0.717) is 25.3 Å². The number of carboxylic acid groups (broad SMARTS) is 1. The molecule has 0 saturated carbocycles. The normalized spacial score (nSPS) is 10.4. The van der Waals surface area contributed by atoms with Crippen LogP contribution in [0.3, 0.4) is 0 Å². The Morgan fingerprint density at radius 1 is 1.47 bits per heavy atom. The molecule has 19 heavy (non-hydrogen) atoms. The van der Waals surface area contributed by atoms with Crippen molar-refractivity contribution < 1.29 is 19.4 Å². The second-order valence-corrected chi connectivity index (χ2v) is 3.94. The summed E-state index contributed by atoms with van der Waals surface area (Å²) in [5.41, 5.74) is 0.518. The van der Waals surface area contributed by atoms with Crippen LogP contribution in [-0.2, 0) is 27.4 Å². The van der Waals surface area contributed by atoms with Crippen LogP contribution in [0.15, 0.2) is 6.20 Å². The lowest BCUT2D eigenvalue weighted by atomic mass is 10.4. The summed E-state index contributed by atoms with van der Waals surface area (Å²) in [5, 5.41) is 18.6. The smallest absolute Gasteiger partial charge is 0.325 e. The fourth-order valence-corrected chi connectivity index (χ4v) is 1.32. The predicted molar refractivity (Wildman–Crippen MR) is 65.2 cm³/mol. The third-order valence-corrected chi connectivity index (χ3v) is 2.17. The molecular formula is C11H18N4O4. The fourth-order valence-electron chi connectivity index (χ4n) is 1.32. The Morgan fingerprint density at radius 3 is 2.95 bits per heavy atom. The van der Waals surface area contributed by atoms with Gasteiger partial charge in [0, 0.05) is 13.0 Å². The topological polar surface area (TPSA) is 106 Å². The van der Waals surface area contributed by atoms with Gasteiger partial charge in [-0.2, -0.15) is 0 Å². The lowest BCUT2D eigenvalue weighted by Gasteiger charge is -2.03. The molecule has 1 rings (SSSR count). The van der Waals surface area contributed by atoms with Crippen LogP contribution < -0.4 is 5.32 Å². The van der Waals surface area contributed by atoms with E-state index in [1.165, 1.54) is 10.9 Å². The molecule has 0 radical (unpaired) electrons. The van der Waals surface area contributed by atoms with Crippen LogP contribution >= 0.6 is 0 Å². The second-order valence-electron chi connectivity index (χ2n) is 3.94. The summed E-state index contributed by atoms with van der Waals surface area (Å²) < 4.78 is 6.40.